The number of anilines is 2. The Labute approximate surface area is 163 Å². The monoisotopic (exact) mass is 381 g/mol. The Kier molecular flexibility index (Phi) is 3.96. The first kappa shape index (κ1) is 17.3. The summed E-state index contributed by atoms with van der Waals surface area (Å²) in [5.41, 5.74) is 3.23. The van der Waals surface area contributed by atoms with Crippen molar-refractivity contribution in [3.8, 4) is 0 Å². The Balaban J connectivity index is 1.40. The fourth-order valence-corrected chi connectivity index (χ4v) is 3.87. The van der Waals surface area contributed by atoms with Gasteiger partial charge in [0.15, 0.2) is 17.3 Å². The lowest BCUT2D eigenvalue weighted by atomic mass is 10.2. The highest BCUT2D eigenvalue weighted by Crippen LogP contribution is 2.39. The molecule has 0 atom stereocenters. The van der Waals surface area contributed by atoms with E-state index in [0.29, 0.717) is 30.5 Å². The Morgan fingerprint density at radius 2 is 1.61 bits per heavy atom. The molecule has 0 unspecified atom stereocenters. The number of rotatable bonds is 3. The lowest BCUT2D eigenvalue weighted by Crippen LogP contribution is -2.48. The average Bonchev–Trinajstić information content (AvgIpc) is 3.45. The number of nitrogens with zero attached hydrogens (tertiary/aromatic N) is 7. The predicted octanol–water partition coefficient (Wildman–Crippen LogP) is 2.79. The molecule has 1 saturated heterocycles. The minimum absolute atomic E-state index is 0.289. The van der Waals surface area contributed by atoms with Gasteiger partial charge in [-0.05, 0) is 33.6 Å². The third kappa shape index (κ3) is 2.96. The molecule has 0 bridgehead atoms. The van der Waals surface area contributed by atoms with Gasteiger partial charge in [0.25, 0.3) is 0 Å². The van der Waals surface area contributed by atoms with Crippen LogP contribution < -0.4 is 9.80 Å². The van der Waals surface area contributed by atoms with Crippen LogP contribution in [0, 0.1) is 26.6 Å². The van der Waals surface area contributed by atoms with Crippen LogP contribution >= 0.6 is 0 Å². The molecule has 1 aliphatic heterocycles. The van der Waals surface area contributed by atoms with Gasteiger partial charge >= 0.3 is 0 Å². The van der Waals surface area contributed by atoms with Crippen molar-refractivity contribution in [2.24, 2.45) is 0 Å². The van der Waals surface area contributed by atoms with E-state index >= 15 is 0 Å². The maximum Gasteiger partial charge on any atom is 0.186 e. The third-order valence-electron chi connectivity index (χ3n) is 5.52. The summed E-state index contributed by atoms with van der Waals surface area (Å²) in [5.74, 6) is 2.42. The molecule has 0 radical (unpaired) electrons. The zero-order valence-corrected chi connectivity index (χ0v) is 16.5. The van der Waals surface area contributed by atoms with Crippen molar-refractivity contribution in [2.45, 2.75) is 39.5 Å². The van der Waals surface area contributed by atoms with E-state index in [1.165, 1.54) is 0 Å². The molecule has 0 aromatic carbocycles. The minimum Gasteiger partial charge on any atom is -0.353 e. The third-order valence-corrected chi connectivity index (χ3v) is 5.52. The number of aromatic nitrogens is 5. The second-order valence-corrected chi connectivity index (χ2v) is 7.86. The highest BCUT2D eigenvalue weighted by atomic mass is 19.1. The first-order valence-electron chi connectivity index (χ1n) is 9.87. The molecule has 146 valence electrons. The zero-order valence-electron chi connectivity index (χ0n) is 16.5. The molecule has 1 aliphatic carbocycles. The second kappa shape index (κ2) is 6.39. The molecule has 0 amide bonds. The van der Waals surface area contributed by atoms with Gasteiger partial charge in [-0.1, -0.05) is 0 Å². The van der Waals surface area contributed by atoms with Gasteiger partial charge in [-0.3, -0.25) is 0 Å². The van der Waals surface area contributed by atoms with Gasteiger partial charge in [0, 0.05) is 49.9 Å². The van der Waals surface area contributed by atoms with Crippen LogP contribution in [0.25, 0.3) is 5.65 Å². The fraction of sp³-hybridized carbons (Fsp3) is 0.500. The highest BCUT2D eigenvalue weighted by molar-refractivity contribution is 5.53. The van der Waals surface area contributed by atoms with E-state index in [1.54, 1.807) is 6.92 Å². The predicted molar refractivity (Wildman–Crippen MR) is 106 cm³/mol. The minimum atomic E-state index is -0.289. The number of hydrogen-bond acceptors (Lipinski definition) is 6. The summed E-state index contributed by atoms with van der Waals surface area (Å²) in [6.07, 6.45) is 2.22. The summed E-state index contributed by atoms with van der Waals surface area (Å²) >= 11 is 0. The SMILES string of the molecule is Cc1cc(N2CCN(c3nc(C4CC4)nc(C)c3F)CC2)n2nc(C)cc2n1. The quantitative estimate of drug-likeness (QED) is 0.695. The van der Waals surface area contributed by atoms with Crippen LogP contribution in [0.15, 0.2) is 12.1 Å². The van der Waals surface area contributed by atoms with Crippen LogP contribution in [-0.2, 0) is 0 Å². The van der Waals surface area contributed by atoms with Gasteiger partial charge in [-0.2, -0.15) is 9.61 Å². The van der Waals surface area contributed by atoms with E-state index in [1.807, 2.05) is 29.3 Å². The van der Waals surface area contributed by atoms with E-state index in [2.05, 4.69) is 31.0 Å². The fourth-order valence-electron chi connectivity index (χ4n) is 3.87. The van der Waals surface area contributed by atoms with Gasteiger partial charge in [0.1, 0.15) is 11.6 Å². The van der Waals surface area contributed by atoms with Crippen LogP contribution in [0.1, 0.15) is 41.7 Å². The largest absolute Gasteiger partial charge is 0.353 e. The molecule has 3 aromatic heterocycles. The summed E-state index contributed by atoms with van der Waals surface area (Å²) in [7, 11) is 0. The number of hydrogen-bond donors (Lipinski definition) is 0. The molecule has 0 spiro atoms. The molecule has 28 heavy (non-hydrogen) atoms. The zero-order chi connectivity index (χ0) is 19.4. The van der Waals surface area contributed by atoms with Crippen molar-refractivity contribution < 1.29 is 4.39 Å². The average molecular weight is 381 g/mol. The van der Waals surface area contributed by atoms with Crippen LogP contribution in [0.4, 0.5) is 16.0 Å². The van der Waals surface area contributed by atoms with Crippen molar-refractivity contribution in [2.75, 3.05) is 36.0 Å². The number of aryl methyl sites for hydroxylation is 3. The normalized spacial score (nSPS) is 17.6. The van der Waals surface area contributed by atoms with Crippen LogP contribution in [-0.4, -0.2) is 50.7 Å². The molecule has 5 rings (SSSR count). The lowest BCUT2D eigenvalue weighted by Gasteiger charge is -2.36. The Morgan fingerprint density at radius 1 is 0.893 bits per heavy atom. The van der Waals surface area contributed by atoms with Gasteiger partial charge in [0.2, 0.25) is 0 Å². The molecule has 0 N–H and O–H groups in total. The Morgan fingerprint density at radius 3 is 2.32 bits per heavy atom. The van der Waals surface area contributed by atoms with Gasteiger partial charge in [0.05, 0.1) is 11.4 Å². The number of piperazine rings is 1. The van der Waals surface area contributed by atoms with Crippen molar-refractivity contribution in [3.05, 3.63) is 40.9 Å². The molecule has 8 heteroatoms. The summed E-state index contributed by atoms with van der Waals surface area (Å²) in [4.78, 5) is 17.8. The first-order chi connectivity index (χ1) is 13.5. The van der Waals surface area contributed by atoms with Crippen molar-refractivity contribution in [1.29, 1.82) is 0 Å². The van der Waals surface area contributed by atoms with E-state index in [0.717, 1.165) is 54.6 Å². The van der Waals surface area contributed by atoms with Crippen LogP contribution in [0.3, 0.4) is 0 Å². The molecular formula is C20H24FN7. The maximum atomic E-state index is 14.7. The van der Waals surface area contributed by atoms with Crippen molar-refractivity contribution in [1.82, 2.24) is 24.6 Å². The second-order valence-electron chi connectivity index (χ2n) is 7.86. The number of fused-ring (bicyclic) bond motifs is 1. The molecule has 7 nitrogen and oxygen atoms in total. The molecular weight excluding hydrogens is 357 g/mol. The molecule has 3 aromatic rings. The molecule has 1 saturated carbocycles. The Hall–Kier alpha value is -2.77. The van der Waals surface area contributed by atoms with Crippen molar-refractivity contribution >= 4 is 17.3 Å². The maximum absolute atomic E-state index is 14.7. The smallest absolute Gasteiger partial charge is 0.186 e. The van der Waals surface area contributed by atoms with Crippen LogP contribution in [0.5, 0.6) is 0 Å². The standard InChI is InChI=1S/C20H24FN7/c1-12-11-17(28-16(22-12)10-13(2)25-28)26-6-8-27(9-7-26)20-18(21)14(3)23-19(24-20)15-4-5-15/h10-11,15H,4-9H2,1-3H3. The van der Waals surface area contributed by atoms with E-state index < -0.39 is 0 Å². The van der Waals surface area contributed by atoms with Crippen LogP contribution in [0.2, 0.25) is 0 Å². The van der Waals surface area contributed by atoms with E-state index in [-0.39, 0.29) is 5.82 Å². The summed E-state index contributed by atoms with van der Waals surface area (Å²) < 4.78 is 16.6. The summed E-state index contributed by atoms with van der Waals surface area (Å²) in [5, 5.41) is 4.59. The summed E-state index contributed by atoms with van der Waals surface area (Å²) in [6.45, 7) is 8.68. The molecule has 4 heterocycles. The molecule has 2 fully saturated rings. The van der Waals surface area contributed by atoms with Gasteiger partial charge in [-0.25, -0.2) is 19.3 Å². The molecule has 2 aliphatic rings. The van der Waals surface area contributed by atoms with Crippen molar-refractivity contribution in [3.63, 3.8) is 0 Å². The lowest BCUT2D eigenvalue weighted by molar-refractivity contribution is 0.567. The first-order valence-corrected chi connectivity index (χ1v) is 9.87. The van der Waals surface area contributed by atoms with Gasteiger partial charge < -0.3 is 9.80 Å². The van der Waals surface area contributed by atoms with Gasteiger partial charge in [-0.15, -0.1) is 0 Å². The number of halogens is 1. The van der Waals surface area contributed by atoms with E-state index in [9.17, 15) is 4.39 Å². The van der Waals surface area contributed by atoms with E-state index in [4.69, 9.17) is 0 Å². The Bertz CT molecular complexity index is 1050. The summed E-state index contributed by atoms with van der Waals surface area (Å²) in [6, 6.07) is 4.06. The topological polar surface area (TPSA) is 62.5 Å². The highest BCUT2D eigenvalue weighted by Gasteiger charge is 2.30.